The molecule has 0 spiro atoms. The van der Waals surface area contributed by atoms with Crippen LogP contribution in [0.25, 0.3) is 0 Å². The Hall–Kier alpha value is -1.34. The van der Waals surface area contributed by atoms with Crippen molar-refractivity contribution in [1.29, 1.82) is 0 Å². The third-order valence-electron chi connectivity index (χ3n) is 2.57. The van der Waals surface area contributed by atoms with E-state index in [0.717, 1.165) is 6.21 Å². The van der Waals surface area contributed by atoms with Crippen molar-refractivity contribution < 1.29 is 12.8 Å². The summed E-state index contributed by atoms with van der Waals surface area (Å²) in [6.07, 6.45) is 0.979. The maximum atomic E-state index is 13.5. The lowest BCUT2D eigenvalue weighted by Crippen LogP contribution is -2.18. The van der Waals surface area contributed by atoms with Gasteiger partial charge in [-0.25, -0.2) is 9.22 Å². The fourth-order valence-electron chi connectivity index (χ4n) is 1.49. The third-order valence-corrected chi connectivity index (χ3v) is 4.86. The zero-order valence-electron chi connectivity index (χ0n) is 10.7. The summed E-state index contributed by atoms with van der Waals surface area (Å²) < 4.78 is 37.5. The van der Waals surface area contributed by atoms with Crippen LogP contribution < -0.4 is 4.83 Å². The standard InChI is InChI=1S/C13H8Cl3FN2O2S/c14-10-2-1-3-13(17)9(10)7-18-19-22(20,21)8-4-5-11(15)12(16)6-8/h1-7,19H/b18-7+. The van der Waals surface area contributed by atoms with E-state index in [1.165, 1.54) is 36.4 Å². The van der Waals surface area contributed by atoms with Crippen molar-refractivity contribution in [2.45, 2.75) is 4.90 Å². The molecule has 0 aliphatic heterocycles. The highest BCUT2D eigenvalue weighted by Gasteiger charge is 2.14. The van der Waals surface area contributed by atoms with E-state index in [4.69, 9.17) is 34.8 Å². The minimum Gasteiger partial charge on any atom is -0.206 e. The highest BCUT2D eigenvalue weighted by Crippen LogP contribution is 2.24. The summed E-state index contributed by atoms with van der Waals surface area (Å²) in [5.74, 6) is -0.620. The van der Waals surface area contributed by atoms with E-state index >= 15 is 0 Å². The van der Waals surface area contributed by atoms with Crippen LogP contribution in [0.5, 0.6) is 0 Å². The largest absolute Gasteiger partial charge is 0.276 e. The Morgan fingerprint density at radius 1 is 1.05 bits per heavy atom. The van der Waals surface area contributed by atoms with Gasteiger partial charge in [0.05, 0.1) is 26.2 Å². The second-order valence-electron chi connectivity index (χ2n) is 4.06. The summed E-state index contributed by atoms with van der Waals surface area (Å²) in [5, 5.41) is 3.92. The van der Waals surface area contributed by atoms with Crippen LogP contribution in [0.1, 0.15) is 5.56 Å². The minimum atomic E-state index is -3.95. The molecule has 0 bridgehead atoms. The molecule has 116 valence electrons. The highest BCUT2D eigenvalue weighted by atomic mass is 35.5. The fraction of sp³-hybridized carbons (Fsp3) is 0. The van der Waals surface area contributed by atoms with Crippen molar-refractivity contribution >= 4 is 51.0 Å². The lowest BCUT2D eigenvalue weighted by atomic mass is 10.2. The molecule has 9 heteroatoms. The average molecular weight is 382 g/mol. The SMILES string of the molecule is O=S(=O)(N/N=C/c1c(F)cccc1Cl)c1ccc(Cl)c(Cl)c1. The van der Waals surface area contributed by atoms with Crippen molar-refractivity contribution in [3.05, 3.63) is 62.8 Å². The van der Waals surface area contributed by atoms with E-state index < -0.39 is 15.8 Å². The van der Waals surface area contributed by atoms with Gasteiger partial charge in [0, 0.05) is 5.56 Å². The summed E-state index contributed by atoms with van der Waals surface area (Å²) in [6.45, 7) is 0. The molecule has 0 saturated heterocycles. The molecule has 0 aliphatic carbocycles. The molecule has 0 unspecified atom stereocenters. The first-order valence-electron chi connectivity index (χ1n) is 5.75. The molecule has 0 amide bonds. The number of nitrogens with zero attached hydrogens (tertiary/aromatic N) is 1. The number of hydrogen-bond donors (Lipinski definition) is 1. The third kappa shape index (κ3) is 3.89. The van der Waals surface area contributed by atoms with Gasteiger partial charge in [-0.1, -0.05) is 40.9 Å². The normalized spacial score (nSPS) is 11.8. The van der Waals surface area contributed by atoms with Crippen LogP contribution in [-0.2, 0) is 10.0 Å². The van der Waals surface area contributed by atoms with Gasteiger partial charge in [0.2, 0.25) is 0 Å². The molecular formula is C13H8Cl3FN2O2S. The van der Waals surface area contributed by atoms with Gasteiger partial charge in [-0.05, 0) is 30.3 Å². The van der Waals surface area contributed by atoms with E-state index in [-0.39, 0.29) is 25.5 Å². The van der Waals surface area contributed by atoms with Gasteiger partial charge < -0.3 is 0 Å². The topological polar surface area (TPSA) is 58.5 Å². The molecular weight excluding hydrogens is 374 g/mol. The predicted molar refractivity (Wildman–Crippen MR) is 85.8 cm³/mol. The molecule has 2 rings (SSSR count). The Kier molecular flexibility index (Phi) is 5.28. The lowest BCUT2D eigenvalue weighted by Gasteiger charge is -2.05. The van der Waals surface area contributed by atoms with E-state index in [2.05, 4.69) is 5.10 Å². The van der Waals surface area contributed by atoms with Crippen molar-refractivity contribution in [3.63, 3.8) is 0 Å². The lowest BCUT2D eigenvalue weighted by molar-refractivity contribution is 0.584. The number of hydrogen-bond acceptors (Lipinski definition) is 3. The van der Waals surface area contributed by atoms with Gasteiger partial charge >= 0.3 is 0 Å². The Morgan fingerprint density at radius 3 is 2.41 bits per heavy atom. The predicted octanol–water partition coefficient (Wildman–Crippen LogP) is 4.10. The zero-order chi connectivity index (χ0) is 16.3. The average Bonchev–Trinajstić information content (AvgIpc) is 2.45. The van der Waals surface area contributed by atoms with Gasteiger partial charge in [-0.3, -0.25) is 0 Å². The summed E-state index contributed by atoms with van der Waals surface area (Å²) in [4.78, 5) is 1.81. The molecule has 22 heavy (non-hydrogen) atoms. The maximum absolute atomic E-state index is 13.5. The summed E-state index contributed by atoms with van der Waals surface area (Å²) in [6, 6.07) is 7.85. The highest BCUT2D eigenvalue weighted by molar-refractivity contribution is 7.89. The first kappa shape index (κ1) is 17.0. The van der Waals surface area contributed by atoms with Crippen molar-refractivity contribution in [3.8, 4) is 0 Å². The van der Waals surface area contributed by atoms with Crippen LogP contribution >= 0.6 is 34.8 Å². The van der Waals surface area contributed by atoms with Crippen LogP contribution in [0.4, 0.5) is 4.39 Å². The summed E-state index contributed by atoms with van der Waals surface area (Å²) in [7, 11) is -3.95. The van der Waals surface area contributed by atoms with Crippen LogP contribution in [0, 0.1) is 5.82 Å². The molecule has 0 fully saturated rings. The second kappa shape index (κ2) is 6.83. The molecule has 0 atom stereocenters. The van der Waals surface area contributed by atoms with Gasteiger partial charge in [-0.15, -0.1) is 0 Å². The van der Waals surface area contributed by atoms with Gasteiger partial charge in [0.15, 0.2) is 0 Å². The first-order chi connectivity index (χ1) is 10.3. The molecule has 0 aromatic heterocycles. The van der Waals surface area contributed by atoms with E-state index in [1.807, 2.05) is 4.83 Å². The number of halogens is 4. The number of sulfonamides is 1. The molecule has 2 aromatic rings. The van der Waals surface area contributed by atoms with Gasteiger partial charge in [0.25, 0.3) is 10.0 Å². The molecule has 4 nitrogen and oxygen atoms in total. The molecule has 0 heterocycles. The van der Waals surface area contributed by atoms with Crippen LogP contribution in [0.15, 0.2) is 46.4 Å². The zero-order valence-corrected chi connectivity index (χ0v) is 13.8. The Balaban J connectivity index is 2.23. The molecule has 0 saturated carbocycles. The number of benzene rings is 2. The number of nitrogens with one attached hydrogen (secondary N) is 1. The number of rotatable bonds is 4. The fourth-order valence-corrected chi connectivity index (χ4v) is 2.88. The molecule has 0 aliphatic rings. The molecule has 1 N–H and O–H groups in total. The van der Waals surface area contributed by atoms with Crippen molar-refractivity contribution in [1.82, 2.24) is 4.83 Å². The van der Waals surface area contributed by atoms with Crippen molar-refractivity contribution in [2.24, 2.45) is 5.10 Å². The van der Waals surface area contributed by atoms with Crippen LogP contribution in [-0.4, -0.2) is 14.6 Å². The van der Waals surface area contributed by atoms with E-state index in [1.54, 1.807) is 0 Å². The van der Waals surface area contributed by atoms with E-state index in [0.29, 0.717) is 0 Å². The molecule has 2 aromatic carbocycles. The monoisotopic (exact) mass is 380 g/mol. The molecule has 0 radical (unpaired) electrons. The van der Waals surface area contributed by atoms with Gasteiger partial charge in [-0.2, -0.15) is 13.5 Å². The first-order valence-corrected chi connectivity index (χ1v) is 8.37. The van der Waals surface area contributed by atoms with Crippen LogP contribution in [0.3, 0.4) is 0 Å². The second-order valence-corrected chi connectivity index (χ2v) is 6.95. The van der Waals surface area contributed by atoms with Crippen molar-refractivity contribution in [2.75, 3.05) is 0 Å². The number of hydrazone groups is 1. The Labute approximate surface area is 141 Å². The Bertz CT molecular complexity index is 821. The quantitative estimate of drug-likeness (QED) is 0.640. The summed E-state index contributed by atoms with van der Waals surface area (Å²) in [5.41, 5.74) is -0.0268. The van der Waals surface area contributed by atoms with Crippen LogP contribution in [0.2, 0.25) is 15.1 Å². The summed E-state index contributed by atoms with van der Waals surface area (Å²) >= 11 is 17.3. The van der Waals surface area contributed by atoms with E-state index in [9.17, 15) is 12.8 Å². The minimum absolute atomic E-state index is 0.0268. The van der Waals surface area contributed by atoms with Gasteiger partial charge in [0.1, 0.15) is 5.82 Å². The smallest absolute Gasteiger partial charge is 0.206 e. The Morgan fingerprint density at radius 2 is 1.77 bits per heavy atom. The maximum Gasteiger partial charge on any atom is 0.276 e.